The molecule has 1 spiro atoms. The first-order valence-electron chi connectivity index (χ1n) is 7.74. The topological polar surface area (TPSA) is 41.5 Å². The van der Waals surface area contributed by atoms with Crippen molar-refractivity contribution in [2.45, 2.75) is 57.6 Å². The van der Waals surface area contributed by atoms with Crippen LogP contribution in [-0.4, -0.2) is 37.0 Å². The molecule has 4 atom stereocenters. The van der Waals surface area contributed by atoms with Crippen LogP contribution >= 0.6 is 0 Å². The van der Waals surface area contributed by atoms with E-state index in [1.807, 2.05) is 0 Å². The zero-order valence-electron chi connectivity index (χ0n) is 11.5. The van der Waals surface area contributed by atoms with Crippen LogP contribution in [0.2, 0.25) is 0 Å². The molecule has 1 aliphatic heterocycles. The van der Waals surface area contributed by atoms with Gasteiger partial charge in [0, 0.05) is 30.6 Å². The Labute approximate surface area is 110 Å². The van der Waals surface area contributed by atoms with Gasteiger partial charge in [-0.2, -0.15) is 0 Å². The van der Waals surface area contributed by atoms with Gasteiger partial charge in [0.2, 0.25) is 0 Å². The molecule has 0 bridgehead atoms. The molecule has 3 heteroatoms. The summed E-state index contributed by atoms with van der Waals surface area (Å²) >= 11 is 0. The average Bonchev–Trinajstić information content (AvgIpc) is 2.95. The first-order chi connectivity index (χ1) is 8.78. The summed E-state index contributed by atoms with van der Waals surface area (Å²) in [6.07, 6.45) is 8.22. The second-order valence-corrected chi connectivity index (χ2v) is 6.69. The molecule has 2 aliphatic carbocycles. The van der Waals surface area contributed by atoms with Crippen LogP contribution in [0.4, 0.5) is 0 Å². The van der Waals surface area contributed by atoms with Crippen molar-refractivity contribution >= 4 is 0 Å². The van der Waals surface area contributed by atoms with E-state index in [-0.39, 0.29) is 0 Å². The fourth-order valence-corrected chi connectivity index (χ4v) is 4.66. The smallest absolute Gasteiger partial charge is 0.0690 e. The minimum atomic E-state index is 0.313. The summed E-state index contributed by atoms with van der Waals surface area (Å²) in [5.41, 5.74) is 0.472. The average molecular weight is 253 g/mol. The first-order valence-corrected chi connectivity index (χ1v) is 7.74. The lowest BCUT2D eigenvalue weighted by Gasteiger charge is -2.57. The maximum absolute atomic E-state index is 8.98. The lowest BCUT2D eigenvalue weighted by atomic mass is 9.54. The molecule has 4 unspecified atom stereocenters. The van der Waals surface area contributed by atoms with Crippen LogP contribution in [0.3, 0.4) is 0 Å². The summed E-state index contributed by atoms with van der Waals surface area (Å²) in [7, 11) is 0. The molecule has 104 valence electrons. The number of hydrogen-bond acceptors (Lipinski definition) is 3. The molecule has 0 aromatic heterocycles. The molecule has 3 aliphatic rings. The largest absolute Gasteiger partial charge is 0.396 e. The Morgan fingerprint density at radius 1 is 1.39 bits per heavy atom. The zero-order chi connectivity index (χ0) is 12.6. The van der Waals surface area contributed by atoms with Crippen LogP contribution in [0.25, 0.3) is 0 Å². The molecule has 18 heavy (non-hydrogen) atoms. The highest BCUT2D eigenvalue weighted by molar-refractivity contribution is 5.16. The normalized spacial score (nSPS) is 38.7. The number of hydrogen-bond donors (Lipinski definition) is 2. The van der Waals surface area contributed by atoms with Gasteiger partial charge in [0.25, 0.3) is 0 Å². The highest BCUT2D eigenvalue weighted by atomic mass is 16.5. The predicted octanol–water partition coefficient (Wildman–Crippen LogP) is 1.94. The maximum Gasteiger partial charge on any atom is 0.0690 e. The Kier molecular flexibility index (Phi) is 3.65. The van der Waals surface area contributed by atoms with Gasteiger partial charge < -0.3 is 15.2 Å². The highest BCUT2D eigenvalue weighted by Crippen LogP contribution is 2.60. The van der Waals surface area contributed by atoms with E-state index >= 15 is 0 Å². The van der Waals surface area contributed by atoms with Crippen molar-refractivity contribution in [1.82, 2.24) is 5.32 Å². The summed E-state index contributed by atoms with van der Waals surface area (Å²) in [6, 6.07) is 0.689. The van der Waals surface area contributed by atoms with Crippen LogP contribution in [0, 0.1) is 17.3 Å². The van der Waals surface area contributed by atoms with E-state index in [4.69, 9.17) is 9.84 Å². The molecule has 0 radical (unpaired) electrons. The van der Waals surface area contributed by atoms with Crippen LogP contribution in [0.15, 0.2) is 0 Å². The van der Waals surface area contributed by atoms with Crippen LogP contribution in [0.1, 0.15) is 45.4 Å². The van der Waals surface area contributed by atoms with Gasteiger partial charge in [0.05, 0.1) is 6.10 Å². The Balaban J connectivity index is 1.60. The molecule has 3 rings (SSSR count). The molecule has 3 fully saturated rings. The molecule has 1 saturated heterocycles. The minimum Gasteiger partial charge on any atom is -0.396 e. The van der Waals surface area contributed by atoms with E-state index in [1.54, 1.807) is 0 Å². The maximum atomic E-state index is 8.98. The fourth-order valence-electron chi connectivity index (χ4n) is 4.66. The summed E-state index contributed by atoms with van der Waals surface area (Å²) in [5, 5.41) is 12.8. The molecular formula is C15H27NO2. The SMILES string of the molecule is CC(CCO)CNC1C2CCOC2C12CCCC2. The molecule has 3 nitrogen and oxygen atoms in total. The van der Waals surface area contributed by atoms with Crippen molar-refractivity contribution < 1.29 is 9.84 Å². The summed E-state index contributed by atoms with van der Waals surface area (Å²) in [4.78, 5) is 0. The molecule has 0 amide bonds. The van der Waals surface area contributed by atoms with Gasteiger partial charge in [-0.3, -0.25) is 0 Å². The second-order valence-electron chi connectivity index (χ2n) is 6.69. The molecular weight excluding hydrogens is 226 g/mol. The Morgan fingerprint density at radius 2 is 2.17 bits per heavy atom. The van der Waals surface area contributed by atoms with Crippen molar-refractivity contribution in [3.05, 3.63) is 0 Å². The molecule has 1 heterocycles. The van der Waals surface area contributed by atoms with E-state index in [0.717, 1.165) is 25.5 Å². The summed E-state index contributed by atoms with van der Waals surface area (Å²) < 4.78 is 5.99. The quantitative estimate of drug-likeness (QED) is 0.787. The van der Waals surface area contributed by atoms with E-state index < -0.39 is 0 Å². The minimum absolute atomic E-state index is 0.313. The van der Waals surface area contributed by atoms with Crippen LogP contribution in [0.5, 0.6) is 0 Å². The molecule has 0 aromatic rings. The third-order valence-electron chi connectivity index (χ3n) is 5.59. The van der Waals surface area contributed by atoms with Crippen LogP contribution < -0.4 is 5.32 Å². The van der Waals surface area contributed by atoms with Gasteiger partial charge in [-0.25, -0.2) is 0 Å². The third-order valence-corrected chi connectivity index (χ3v) is 5.59. The number of nitrogens with one attached hydrogen (secondary N) is 1. The van der Waals surface area contributed by atoms with E-state index in [1.165, 1.54) is 32.1 Å². The highest BCUT2D eigenvalue weighted by Gasteiger charge is 2.64. The number of ether oxygens (including phenoxy) is 1. The van der Waals surface area contributed by atoms with Gasteiger partial charge >= 0.3 is 0 Å². The van der Waals surface area contributed by atoms with Crippen molar-refractivity contribution in [1.29, 1.82) is 0 Å². The number of rotatable bonds is 5. The molecule has 0 aromatic carbocycles. The van der Waals surface area contributed by atoms with Gasteiger partial charge in [0.1, 0.15) is 0 Å². The first kappa shape index (κ1) is 12.9. The standard InChI is InChI=1S/C15H27NO2/c1-11(4-8-17)10-16-13-12-5-9-18-14(12)15(13)6-2-3-7-15/h11-14,16-17H,2-10H2,1H3. The third kappa shape index (κ3) is 1.91. The number of aliphatic hydroxyl groups is 1. The van der Waals surface area contributed by atoms with Crippen molar-refractivity contribution in [2.24, 2.45) is 17.3 Å². The zero-order valence-corrected chi connectivity index (χ0v) is 11.5. The predicted molar refractivity (Wildman–Crippen MR) is 71.4 cm³/mol. The van der Waals surface area contributed by atoms with Gasteiger partial charge in [-0.05, 0) is 38.1 Å². The summed E-state index contributed by atoms with van der Waals surface area (Å²) in [5.74, 6) is 1.35. The lowest BCUT2D eigenvalue weighted by molar-refractivity contribution is -0.131. The van der Waals surface area contributed by atoms with E-state index in [2.05, 4.69) is 12.2 Å². The van der Waals surface area contributed by atoms with E-state index in [0.29, 0.717) is 30.1 Å². The van der Waals surface area contributed by atoms with Crippen molar-refractivity contribution in [3.8, 4) is 0 Å². The number of aliphatic hydroxyl groups excluding tert-OH is 1. The van der Waals surface area contributed by atoms with Gasteiger partial charge in [-0.15, -0.1) is 0 Å². The fraction of sp³-hybridized carbons (Fsp3) is 1.00. The molecule has 2 N–H and O–H groups in total. The monoisotopic (exact) mass is 253 g/mol. The second kappa shape index (κ2) is 5.10. The summed E-state index contributed by atoms with van der Waals surface area (Å²) in [6.45, 7) is 4.57. The van der Waals surface area contributed by atoms with Gasteiger partial charge in [0.15, 0.2) is 0 Å². The van der Waals surface area contributed by atoms with E-state index in [9.17, 15) is 0 Å². The Morgan fingerprint density at radius 3 is 2.89 bits per heavy atom. The Bertz CT molecular complexity index is 288. The van der Waals surface area contributed by atoms with Crippen molar-refractivity contribution in [2.75, 3.05) is 19.8 Å². The van der Waals surface area contributed by atoms with Crippen LogP contribution in [-0.2, 0) is 4.74 Å². The Hall–Kier alpha value is -0.120. The molecule has 2 saturated carbocycles. The number of fused-ring (bicyclic) bond motifs is 2. The van der Waals surface area contributed by atoms with Gasteiger partial charge in [-0.1, -0.05) is 19.8 Å². The van der Waals surface area contributed by atoms with Crippen molar-refractivity contribution in [3.63, 3.8) is 0 Å². The lowest BCUT2D eigenvalue weighted by Crippen LogP contribution is -2.67.